The summed E-state index contributed by atoms with van der Waals surface area (Å²) in [4.78, 5) is 12.7. The lowest BCUT2D eigenvalue weighted by Crippen LogP contribution is -2.51. The van der Waals surface area contributed by atoms with Crippen LogP contribution in [0.15, 0.2) is 23.2 Å². The lowest BCUT2D eigenvalue weighted by Gasteiger charge is -2.25. The highest BCUT2D eigenvalue weighted by Gasteiger charge is 2.30. The number of hydrogen-bond donors (Lipinski definition) is 3. The van der Waals surface area contributed by atoms with Crippen molar-refractivity contribution in [2.45, 2.75) is 17.4 Å². The highest BCUT2D eigenvalue weighted by Crippen LogP contribution is 2.14. The fraction of sp³-hybridized carbons (Fsp3) is 0.444. The molecule has 3 N–H and O–H groups in total. The third kappa shape index (κ3) is 3.67. The Kier molecular flexibility index (Phi) is 4.52. The SMILES string of the molecule is CC(CO)(CO)NS(=O)(=O)c1ccc([N+](=O)[O-])nc1. The van der Waals surface area contributed by atoms with Crippen LogP contribution in [0.2, 0.25) is 0 Å². The predicted octanol–water partition coefficient (Wildman–Crippen LogP) is -0.989. The summed E-state index contributed by atoms with van der Waals surface area (Å²) in [6, 6.07) is 1.96. The second-order valence-electron chi connectivity index (χ2n) is 4.09. The molecule has 0 fully saturated rings. The minimum absolute atomic E-state index is 0.300. The lowest BCUT2D eigenvalue weighted by molar-refractivity contribution is -0.389. The Morgan fingerprint density at radius 3 is 2.37 bits per heavy atom. The van der Waals surface area contributed by atoms with Gasteiger partial charge < -0.3 is 20.3 Å². The number of sulfonamides is 1. The van der Waals surface area contributed by atoms with Gasteiger partial charge in [0.25, 0.3) is 0 Å². The van der Waals surface area contributed by atoms with Crippen LogP contribution in [0.25, 0.3) is 0 Å². The van der Waals surface area contributed by atoms with Crippen LogP contribution in [0.4, 0.5) is 5.82 Å². The lowest BCUT2D eigenvalue weighted by atomic mass is 10.1. The van der Waals surface area contributed by atoms with Crippen LogP contribution in [0.3, 0.4) is 0 Å². The summed E-state index contributed by atoms with van der Waals surface area (Å²) in [5.74, 6) is -0.481. The highest BCUT2D eigenvalue weighted by molar-refractivity contribution is 7.89. The molecule has 1 aromatic rings. The summed E-state index contributed by atoms with van der Waals surface area (Å²) in [6.45, 7) is 0.0929. The standard InChI is InChI=1S/C9H13N3O6S/c1-9(5-13,6-14)11-19(17,18)7-2-3-8(10-4-7)12(15)16/h2-4,11,13-14H,5-6H2,1H3. The van der Waals surface area contributed by atoms with Gasteiger partial charge in [0.2, 0.25) is 10.0 Å². The summed E-state index contributed by atoms with van der Waals surface area (Å²) in [5, 5.41) is 28.4. The van der Waals surface area contributed by atoms with Crippen LogP contribution in [0, 0.1) is 10.1 Å². The Labute approximate surface area is 109 Å². The van der Waals surface area contributed by atoms with Gasteiger partial charge in [-0.1, -0.05) is 0 Å². The molecule has 19 heavy (non-hydrogen) atoms. The maximum Gasteiger partial charge on any atom is 0.363 e. The number of hydrogen-bond acceptors (Lipinski definition) is 7. The maximum atomic E-state index is 11.9. The van der Waals surface area contributed by atoms with E-state index in [9.17, 15) is 18.5 Å². The van der Waals surface area contributed by atoms with Crippen molar-refractivity contribution in [3.8, 4) is 0 Å². The molecule has 10 heteroatoms. The number of nitrogens with zero attached hydrogens (tertiary/aromatic N) is 2. The van der Waals surface area contributed by atoms with Gasteiger partial charge in [-0.05, 0) is 22.9 Å². The molecule has 0 aliphatic carbocycles. The van der Waals surface area contributed by atoms with Crippen LogP contribution >= 0.6 is 0 Å². The molecule has 0 atom stereocenters. The maximum absolute atomic E-state index is 11.9. The molecule has 1 heterocycles. The van der Waals surface area contributed by atoms with E-state index in [1.807, 2.05) is 0 Å². The molecule has 0 saturated heterocycles. The summed E-state index contributed by atoms with van der Waals surface area (Å²) in [7, 11) is -4.04. The molecule has 9 nitrogen and oxygen atoms in total. The summed E-state index contributed by atoms with van der Waals surface area (Å²) < 4.78 is 25.9. The van der Waals surface area contributed by atoms with E-state index < -0.39 is 39.5 Å². The Bertz CT molecular complexity index is 552. The van der Waals surface area contributed by atoms with E-state index in [4.69, 9.17) is 10.2 Å². The molecule has 1 rings (SSSR count). The third-order valence-corrected chi connectivity index (χ3v) is 3.92. The van der Waals surface area contributed by atoms with Crippen molar-refractivity contribution in [2.24, 2.45) is 0 Å². The Morgan fingerprint density at radius 1 is 1.42 bits per heavy atom. The number of nitrogens with one attached hydrogen (secondary N) is 1. The largest absolute Gasteiger partial charge is 0.394 e. The zero-order valence-electron chi connectivity index (χ0n) is 9.98. The quantitative estimate of drug-likeness (QED) is 0.451. The van der Waals surface area contributed by atoms with Crippen molar-refractivity contribution < 1.29 is 23.6 Å². The van der Waals surface area contributed by atoms with Crippen LogP contribution in [0.1, 0.15) is 6.92 Å². The molecule has 0 aliphatic heterocycles. The molecule has 0 spiro atoms. The average Bonchev–Trinajstić information content (AvgIpc) is 2.38. The van der Waals surface area contributed by atoms with Crippen LogP contribution in [0.5, 0.6) is 0 Å². The molecule has 0 unspecified atom stereocenters. The second-order valence-corrected chi connectivity index (χ2v) is 5.77. The van der Waals surface area contributed by atoms with Crippen molar-refractivity contribution in [1.29, 1.82) is 0 Å². The number of rotatable bonds is 6. The van der Waals surface area contributed by atoms with E-state index >= 15 is 0 Å². The topological polar surface area (TPSA) is 143 Å². The van der Waals surface area contributed by atoms with Crippen molar-refractivity contribution in [3.63, 3.8) is 0 Å². The summed E-state index contributed by atoms with van der Waals surface area (Å²) in [6.07, 6.45) is 0.829. The van der Waals surface area contributed by atoms with Gasteiger partial charge in [-0.2, -0.15) is 0 Å². The van der Waals surface area contributed by atoms with Gasteiger partial charge >= 0.3 is 5.82 Å². The molecule has 0 aromatic carbocycles. The number of aliphatic hydroxyl groups is 2. The zero-order chi connectivity index (χ0) is 14.7. The van der Waals surface area contributed by atoms with E-state index in [-0.39, 0.29) is 4.90 Å². The van der Waals surface area contributed by atoms with E-state index in [1.54, 1.807) is 0 Å². The smallest absolute Gasteiger partial charge is 0.363 e. The summed E-state index contributed by atoms with van der Waals surface area (Å²) in [5.41, 5.74) is -1.43. The Balaban J connectivity index is 3.04. The minimum atomic E-state index is -4.04. The van der Waals surface area contributed by atoms with E-state index in [0.29, 0.717) is 0 Å². The fourth-order valence-corrected chi connectivity index (χ4v) is 2.47. The van der Waals surface area contributed by atoms with Crippen molar-refractivity contribution in [3.05, 3.63) is 28.4 Å². The van der Waals surface area contributed by atoms with Crippen molar-refractivity contribution in [1.82, 2.24) is 9.71 Å². The molecule has 0 bridgehead atoms. The Hall–Kier alpha value is -1.62. The van der Waals surface area contributed by atoms with Crippen molar-refractivity contribution in [2.75, 3.05) is 13.2 Å². The number of nitro groups is 1. The van der Waals surface area contributed by atoms with Gasteiger partial charge in [-0.25, -0.2) is 13.1 Å². The number of aromatic nitrogens is 1. The van der Waals surface area contributed by atoms with Gasteiger partial charge in [0.05, 0.1) is 18.8 Å². The first-order valence-corrected chi connectivity index (χ1v) is 6.58. The van der Waals surface area contributed by atoms with Crippen molar-refractivity contribution >= 4 is 15.8 Å². The average molecular weight is 291 g/mol. The van der Waals surface area contributed by atoms with Gasteiger partial charge in [-0.15, -0.1) is 0 Å². The van der Waals surface area contributed by atoms with Gasteiger partial charge in [0, 0.05) is 6.07 Å². The number of aliphatic hydroxyl groups excluding tert-OH is 2. The first-order valence-electron chi connectivity index (χ1n) is 5.10. The normalized spacial score (nSPS) is 12.4. The minimum Gasteiger partial charge on any atom is -0.394 e. The predicted molar refractivity (Wildman–Crippen MR) is 63.8 cm³/mol. The molecule has 0 saturated carbocycles. The zero-order valence-corrected chi connectivity index (χ0v) is 10.8. The second kappa shape index (κ2) is 5.57. The summed E-state index contributed by atoms with van der Waals surface area (Å²) >= 11 is 0. The van der Waals surface area contributed by atoms with Crippen LogP contribution in [-0.2, 0) is 10.0 Å². The van der Waals surface area contributed by atoms with Crippen LogP contribution in [-0.4, -0.2) is 47.3 Å². The molecule has 0 radical (unpaired) electrons. The van der Waals surface area contributed by atoms with E-state index in [2.05, 4.69) is 9.71 Å². The fourth-order valence-electron chi connectivity index (χ4n) is 1.14. The van der Waals surface area contributed by atoms with E-state index in [0.717, 1.165) is 18.3 Å². The van der Waals surface area contributed by atoms with Gasteiger partial charge in [0.1, 0.15) is 4.90 Å². The first-order chi connectivity index (χ1) is 8.74. The highest BCUT2D eigenvalue weighted by atomic mass is 32.2. The monoisotopic (exact) mass is 291 g/mol. The van der Waals surface area contributed by atoms with Crippen LogP contribution < -0.4 is 4.72 Å². The molecule has 0 amide bonds. The Morgan fingerprint density at radius 2 is 2.00 bits per heavy atom. The number of pyridine rings is 1. The van der Waals surface area contributed by atoms with Gasteiger partial charge in [-0.3, -0.25) is 0 Å². The first kappa shape index (κ1) is 15.4. The molecule has 1 aromatic heterocycles. The molecular weight excluding hydrogens is 278 g/mol. The van der Waals surface area contributed by atoms with Gasteiger partial charge in [0.15, 0.2) is 6.20 Å². The molecule has 0 aliphatic rings. The van der Waals surface area contributed by atoms with E-state index in [1.165, 1.54) is 6.92 Å². The molecule has 106 valence electrons. The molecular formula is C9H13N3O6S. The third-order valence-electron chi connectivity index (χ3n) is 2.30.